The molecule has 0 bridgehead atoms. The summed E-state index contributed by atoms with van der Waals surface area (Å²) in [6, 6.07) is 5.77. The van der Waals surface area contributed by atoms with Crippen molar-refractivity contribution in [3.63, 3.8) is 0 Å². The molecular weight excluding hydrogens is 268 g/mol. The standard InChI is InChI=1S/C16H22N2O3/c1-3-6-18(7-8-19)16(20)9-12-11-17-15-5-4-13(21-2)10-14(12)15/h4-5,10-11,17,19H,3,6-9H2,1-2H3. The summed E-state index contributed by atoms with van der Waals surface area (Å²) in [5, 5.41) is 10.1. The molecule has 5 heteroatoms. The molecule has 2 rings (SSSR count). The van der Waals surface area contributed by atoms with Gasteiger partial charge in [0.25, 0.3) is 0 Å². The first-order valence-electron chi connectivity index (χ1n) is 7.22. The number of fused-ring (bicyclic) bond motifs is 1. The Balaban J connectivity index is 2.20. The highest BCUT2D eigenvalue weighted by molar-refractivity contribution is 5.89. The van der Waals surface area contributed by atoms with E-state index in [9.17, 15) is 4.79 Å². The number of amides is 1. The Morgan fingerprint density at radius 2 is 2.19 bits per heavy atom. The molecule has 1 aromatic carbocycles. The number of hydrogen-bond donors (Lipinski definition) is 2. The molecule has 0 fully saturated rings. The number of nitrogens with zero attached hydrogens (tertiary/aromatic N) is 1. The van der Waals surface area contributed by atoms with E-state index in [0.29, 0.717) is 19.5 Å². The summed E-state index contributed by atoms with van der Waals surface area (Å²) >= 11 is 0. The molecule has 1 heterocycles. The fourth-order valence-corrected chi connectivity index (χ4v) is 2.46. The van der Waals surface area contributed by atoms with E-state index in [1.54, 1.807) is 12.0 Å². The highest BCUT2D eigenvalue weighted by Crippen LogP contribution is 2.24. The predicted octanol–water partition coefficient (Wildman–Crippen LogP) is 1.95. The number of aliphatic hydroxyl groups is 1. The number of methoxy groups -OCH3 is 1. The number of rotatable bonds is 7. The molecule has 0 spiro atoms. The molecule has 0 saturated heterocycles. The maximum atomic E-state index is 12.4. The largest absolute Gasteiger partial charge is 0.497 e. The molecule has 0 saturated carbocycles. The molecule has 2 N–H and O–H groups in total. The maximum Gasteiger partial charge on any atom is 0.227 e. The monoisotopic (exact) mass is 290 g/mol. The minimum Gasteiger partial charge on any atom is -0.497 e. The predicted molar refractivity (Wildman–Crippen MR) is 82.5 cm³/mol. The molecule has 1 amide bonds. The Kier molecular flexibility index (Phi) is 5.22. The summed E-state index contributed by atoms with van der Waals surface area (Å²) in [6.07, 6.45) is 3.08. The van der Waals surface area contributed by atoms with Crippen LogP contribution in [-0.4, -0.2) is 47.7 Å². The molecule has 0 aliphatic heterocycles. The summed E-state index contributed by atoms with van der Waals surface area (Å²) in [4.78, 5) is 17.2. The zero-order valence-corrected chi connectivity index (χ0v) is 12.6. The summed E-state index contributed by atoms with van der Waals surface area (Å²) in [5.74, 6) is 0.811. The van der Waals surface area contributed by atoms with Gasteiger partial charge in [-0.2, -0.15) is 0 Å². The second-order valence-corrected chi connectivity index (χ2v) is 5.01. The Hall–Kier alpha value is -2.01. The first-order chi connectivity index (χ1) is 10.2. The van der Waals surface area contributed by atoms with E-state index in [1.165, 1.54) is 0 Å². The number of aromatic nitrogens is 1. The summed E-state index contributed by atoms with van der Waals surface area (Å²) in [6.45, 7) is 3.07. The van der Waals surface area contributed by atoms with Crippen LogP contribution in [0.15, 0.2) is 24.4 Å². The minimum atomic E-state index is -0.00650. The van der Waals surface area contributed by atoms with E-state index in [-0.39, 0.29) is 12.5 Å². The van der Waals surface area contributed by atoms with Crippen LogP contribution in [-0.2, 0) is 11.2 Å². The lowest BCUT2D eigenvalue weighted by Crippen LogP contribution is -2.35. The van der Waals surface area contributed by atoms with Crippen molar-refractivity contribution in [2.75, 3.05) is 26.8 Å². The van der Waals surface area contributed by atoms with Crippen molar-refractivity contribution in [2.45, 2.75) is 19.8 Å². The average molecular weight is 290 g/mol. The zero-order chi connectivity index (χ0) is 15.2. The topological polar surface area (TPSA) is 65.6 Å². The van der Waals surface area contributed by atoms with Crippen molar-refractivity contribution in [2.24, 2.45) is 0 Å². The zero-order valence-electron chi connectivity index (χ0n) is 12.6. The van der Waals surface area contributed by atoms with Gasteiger partial charge in [-0.05, 0) is 30.2 Å². The van der Waals surface area contributed by atoms with Crippen LogP contribution in [0.5, 0.6) is 5.75 Å². The first kappa shape index (κ1) is 15.4. The number of benzene rings is 1. The third kappa shape index (κ3) is 3.55. The fraction of sp³-hybridized carbons (Fsp3) is 0.438. The lowest BCUT2D eigenvalue weighted by molar-refractivity contribution is -0.131. The molecule has 0 aliphatic carbocycles. The van der Waals surface area contributed by atoms with Gasteiger partial charge in [-0.25, -0.2) is 0 Å². The van der Waals surface area contributed by atoms with E-state index in [2.05, 4.69) is 4.98 Å². The Morgan fingerprint density at radius 3 is 2.86 bits per heavy atom. The highest BCUT2D eigenvalue weighted by atomic mass is 16.5. The number of carbonyl (C=O) groups is 1. The number of ether oxygens (including phenoxy) is 1. The third-order valence-electron chi connectivity index (χ3n) is 3.53. The van der Waals surface area contributed by atoms with E-state index in [4.69, 9.17) is 9.84 Å². The average Bonchev–Trinajstić information content (AvgIpc) is 2.89. The van der Waals surface area contributed by atoms with Gasteiger partial charge in [0.2, 0.25) is 5.91 Å². The van der Waals surface area contributed by atoms with Crippen LogP contribution >= 0.6 is 0 Å². The van der Waals surface area contributed by atoms with Crippen LogP contribution in [0.1, 0.15) is 18.9 Å². The van der Waals surface area contributed by atoms with Gasteiger partial charge in [-0.3, -0.25) is 4.79 Å². The maximum absolute atomic E-state index is 12.4. The van der Waals surface area contributed by atoms with Crippen LogP contribution < -0.4 is 4.74 Å². The first-order valence-corrected chi connectivity index (χ1v) is 7.22. The van der Waals surface area contributed by atoms with E-state index < -0.39 is 0 Å². The van der Waals surface area contributed by atoms with E-state index >= 15 is 0 Å². The molecule has 0 aliphatic rings. The van der Waals surface area contributed by atoms with Crippen molar-refractivity contribution in [1.29, 1.82) is 0 Å². The molecule has 114 valence electrons. The summed E-state index contributed by atoms with van der Waals surface area (Å²) < 4.78 is 5.23. The SMILES string of the molecule is CCCN(CCO)C(=O)Cc1c[nH]c2ccc(OC)cc12. The van der Waals surface area contributed by atoms with Gasteiger partial charge < -0.3 is 19.7 Å². The van der Waals surface area contributed by atoms with Crippen molar-refractivity contribution in [3.05, 3.63) is 30.0 Å². The lowest BCUT2D eigenvalue weighted by Gasteiger charge is -2.20. The third-order valence-corrected chi connectivity index (χ3v) is 3.53. The number of hydrogen-bond acceptors (Lipinski definition) is 3. The fourth-order valence-electron chi connectivity index (χ4n) is 2.46. The molecule has 0 radical (unpaired) electrons. The van der Waals surface area contributed by atoms with E-state index in [0.717, 1.165) is 28.6 Å². The quantitative estimate of drug-likeness (QED) is 0.819. The number of aromatic amines is 1. The van der Waals surface area contributed by atoms with Crippen LogP contribution in [0.2, 0.25) is 0 Å². The van der Waals surface area contributed by atoms with Crippen LogP contribution in [0, 0.1) is 0 Å². The van der Waals surface area contributed by atoms with Crippen molar-refractivity contribution in [1.82, 2.24) is 9.88 Å². The number of nitrogens with one attached hydrogen (secondary N) is 1. The normalized spacial score (nSPS) is 10.8. The molecule has 0 atom stereocenters. The molecule has 0 unspecified atom stereocenters. The van der Waals surface area contributed by atoms with Crippen molar-refractivity contribution in [3.8, 4) is 5.75 Å². The van der Waals surface area contributed by atoms with Crippen molar-refractivity contribution < 1.29 is 14.6 Å². The van der Waals surface area contributed by atoms with Gasteiger partial charge >= 0.3 is 0 Å². The van der Waals surface area contributed by atoms with Gasteiger partial charge in [-0.1, -0.05) is 6.92 Å². The van der Waals surface area contributed by atoms with Gasteiger partial charge in [-0.15, -0.1) is 0 Å². The molecule has 1 aromatic heterocycles. The second kappa shape index (κ2) is 7.13. The summed E-state index contributed by atoms with van der Waals surface area (Å²) in [5.41, 5.74) is 1.94. The van der Waals surface area contributed by atoms with Crippen LogP contribution in [0.4, 0.5) is 0 Å². The van der Waals surface area contributed by atoms with E-state index in [1.807, 2.05) is 31.3 Å². The molecule has 21 heavy (non-hydrogen) atoms. The molecule has 5 nitrogen and oxygen atoms in total. The Labute approximate surface area is 124 Å². The number of carbonyl (C=O) groups excluding carboxylic acids is 1. The van der Waals surface area contributed by atoms with Gasteiger partial charge in [0, 0.05) is 30.2 Å². The Morgan fingerprint density at radius 1 is 1.38 bits per heavy atom. The molecule has 2 aromatic rings. The van der Waals surface area contributed by atoms with Crippen LogP contribution in [0.25, 0.3) is 10.9 Å². The number of aliphatic hydroxyl groups excluding tert-OH is 1. The van der Waals surface area contributed by atoms with Gasteiger partial charge in [0.15, 0.2) is 0 Å². The smallest absolute Gasteiger partial charge is 0.227 e. The molecular formula is C16H22N2O3. The van der Waals surface area contributed by atoms with Crippen molar-refractivity contribution >= 4 is 16.8 Å². The van der Waals surface area contributed by atoms with Gasteiger partial charge in [0.05, 0.1) is 20.1 Å². The summed E-state index contributed by atoms with van der Waals surface area (Å²) in [7, 11) is 1.63. The highest BCUT2D eigenvalue weighted by Gasteiger charge is 2.15. The number of H-pyrrole nitrogens is 1. The minimum absolute atomic E-state index is 0.00650. The van der Waals surface area contributed by atoms with Crippen LogP contribution in [0.3, 0.4) is 0 Å². The lowest BCUT2D eigenvalue weighted by atomic mass is 10.1. The Bertz CT molecular complexity index is 601. The second-order valence-electron chi connectivity index (χ2n) is 5.01. The van der Waals surface area contributed by atoms with Gasteiger partial charge in [0.1, 0.15) is 5.75 Å².